The molecule has 1 atom stereocenters. The predicted molar refractivity (Wildman–Crippen MR) is 118 cm³/mol. The summed E-state index contributed by atoms with van der Waals surface area (Å²) in [6.45, 7) is 1.21. The molecule has 174 valence electrons. The number of rotatable bonds is 7. The van der Waals surface area contributed by atoms with Gasteiger partial charge in [-0.1, -0.05) is 6.07 Å². The highest BCUT2D eigenvalue weighted by Gasteiger charge is 2.46. The molecule has 9 nitrogen and oxygen atoms in total. The number of likely N-dealkylation sites (tertiary alicyclic amines) is 1. The molecule has 1 amide bonds. The Balaban J connectivity index is 1.89. The van der Waals surface area contributed by atoms with Crippen LogP contribution in [0.2, 0.25) is 0 Å². The van der Waals surface area contributed by atoms with E-state index in [1.54, 1.807) is 36.4 Å². The second kappa shape index (κ2) is 9.41. The van der Waals surface area contributed by atoms with Crippen molar-refractivity contribution in [3.05, 3.63) is 53.1 Å². The smallest absolute Gasteiger partial charge is 0.295 e. The molecule has 1 unspecified atom stereocenters. The zero-order valence-corrected chi connectivity index (χ0v) is 18.6. The van der Waals surface area contributed by atoms with Crippen LogP contribution in [0.15, 0.2) is 42.0 Å². The number of benzene rings is 2. The summed E-state index contributed by atoms with van der Waals surface area (Å²) >= 11 is 0. The van der Waals surface area contributed by atoms with Gasteiger partial charge in [0.1, 0.15) is 30.5 Å². The minimum atomic E-state index is -0.855. The number of methoxy groups -OCH3 is 3. The molecule has 1 N–H and O–H groups in total. The number of carbonyl (C=O) groups excluding carboxylic acids is 2. The Morgan fingerprint density at radius 1 is 1.03 bits per heavy atom. The highest BCUT2D eigenvalue weighted by atomic mass is 16.6. The topological polar surface area (TPSA) is 104 Å². The third-order valence-electron chi connectivity index (χ3n) is 5.62. The minimum Gasteiger partial charge on any atom is -0.507 e. The van der Waals surface area contributed by atoms with Gasteiger partial charge < -0.3 is 33.7 Å². The maximum absolute atomic E-state index is 13.1. The lowest BCUT2D eigenvalue weighted by Gasteiger charge is -2.26. The molecule has 33 heavy (non-hydrogen) atoms. The Hall–Kier alpha value is -3.72. The van der Waals surface area contributed by atoms with Gasteiger partial charge in [0.2, 0.25) is 0 Å². The highest BCUT2D eigenvalue weighted by molar-refractivity contribution is 6.46. The Bertz CT molecular complexity index is 1110. The Morgan fingerprint density at radius 3 is 2.48 bits per heavy atom. The summed E-state index contributed by atoms with van der Waals surface area (Å²) in [5.41, 5.74) is 0.779. The first-order valence-electron chi connectivity index (χ1n) is 10.4. The Kier molecular flexibility index (Phi) is 6.41. The van der Waals surface area contributed by atoms with E-state index in [2.05, 4.69) is 0 Å². The van der Waals surface area contributed by atoms with E-state index in [9.17, 15) is 14.7 Å². The number of amides is 1. The number of hydrogen-bond donors (Lipinski definition) is 1. The zero-order valence-electron chi connectivity index (χ0n) is 18.6. The monoisotopic (exact) mass is 455 g/mol. The number of hydrogen-bond acceptors (Lipinski definition) is 8. The van der Waals surface area contributed by atoms with Crippen molar-refractivity contribution in [2.24, 2.45) is 0 Å². The van der Waals surface area contributed by atoms with Crippen molar-refractivity contribution in [3.8, 4) is 23.0 Å². The lowest BCUT2D eigenvalue weighted by atomic mass is 9.94. The van der Waals surface area contributed by atoms with Crippen LogP contribution in [0, 0.1) is 0 Å². The normalized spacial score (nSPS) is 19.0. The fourth-order valence-electron chi connectivity index (χ4n) is 4.02. The van der Waals surface area contributed by atoms with Gasteiger partial charge in [-0.3, -0.25) is 9.59 Å². The number of Topliss-reactive ketones (excluding diaryl/α,β-unsaturated/α-hetero) is 1. The van der Waals surface area contributed by atoms with Crippen molar-refractivity contribution in [2.45, 2.75) is 6.04 Å². The van der Waals surface area contributed by atoms with E-state index < -0.39 is 17.7 Å². The van der Waals surface area contributed by atoms with E-state index in [0.717, 1.165) is 0 Å². The van der Waals surface area contributed by atoms with Crippen LogP contribution in [0.25, 0.3) is 5.76 Å². The van der Waals surface area contributed by atoms with Crippen molar-refractivity contribution >= 4 is 17.4 Å². The average Bonchev–Trinajstić information content (AvgIpc) is 3.11. The van der Waals surface area contributed by atoms with Crippen molar-refractivity contribution < 1.29 is 38.4 Å². The minimum absolute atomic E-state index is 0.0562. The molecule has 1 saturated heterocycles. The van der Waals surface area contributed by atoms with Crippen LogP contribution >= 0.6 is 0 Å². The molecule has 0 radical (unpaired) electrons. The third-order valence-corrected chi connectivity index (χ3v) is 5.62. The molecule has 2 aromatic rings. The van der Waals surface area contributed by atoms with Crippen molar-refractivity contribution in [1.82, 2.24) is 4.90 Å². The van der Waals surface area contributed by atoms with E-state index in [0.29, 0.717) is 41.8 Å². The van der Waals surface area contributed by atoms with E-state index in [1.807, 2.05) is 0 Å². The molecule has 0 bridgehead atoms. The van der Waals surface area contributed by atoms with Crippen LogP contribution in [-0.2, 0) is 14.3 Å². The SMILES string of the molecule is COCCN1C(=O)C(=O)/C(=C(/O)c2cc(OC)ccc2OC)C1c1ccc2c(c1)OCCO2. The molecule has 0 aliphatic carbocycles. The molecule has 2 heterocycles. The molecule has 0 spiro atoms. The van der Waals surface area contributed by atoms with Crippen LogP contribution in [0.3, 0.4) is 0 Å². The summed E-state index contributed by atoms with van der Waals surface area (Å²) < 4.78 is 27.1. The van der Waals surface area contributed by atoms with Gasteiger partial charge in [0.15, 0.2) is 11.5 Å². The van der Waals surface area contributed by atoms with Crippen LogP contribution in [-0.4, -0.2) is 69.4 Å². The molecule has 4 rings (SSSR count). The largest absolute Gasteiger partial charge is 0.507 e. The fourth-order valence-corrected chi connectivity index (χ4v) is 4.02. The second-order valence-electron chi connectivity index (χ2n) is 7.45. The summed E-state index contributed by atoms with van der Waals surface area (Å²) in [5, 5.41) is 11.3. The molecular formula is C24H25NO8. The molecule has 1 fully saturated rings. The van der Waals surface area contributed by atoms with E-state index in [1.165, 1.54) is 26.2 Å². The molecule has 2 aliphatic rings. The maximum Gasteiger partial charge on any atom is 0.295 e. The van der Waals surface area contributed by atoms with Crippen LogP contribution in [0.5, 0.6) is 23.0 Å². The number of ether oxygens (including phenoxy) is 5. The van der Waals surface area contributed by atoms with Gasteiger partial charge >= 0.3 is 0 Å². The van der Waals surface area contributed by atoms with Crippen molar-refractivity contribution in [1.29, 1.82) is 0 Å². The first-order valence-corrected chi connectivity index (χ1v) is 10.4. The molecule has 9 heteroatoms. The Morgan fingerprint density at radius 2 is 1.79 bits per heavy atom. The summed E-state index contributed by atoms with van der Waals surface area (Å²) in [7, 11) is 4.45. The standard InChI is InChI=1S/C24H25NO8/c1-29-9-8-25-21(14-4-6-18-19(12-14)33-11-10-32-18)20(23(27)24(25)28)22(26)16-13-15(30-2)5-7-17(16)31-3/h4-7,12-13,21,26H,8-11H2,1-3H3/b22-20+. The second-order valence-corrected chi connectivity index (χ2v) is 7.45. The van der Waals surface area contributed by atoms with E-state index >= 15 is 0 Å². The quantitative estimate of drug-likeness (QED) is 0.386. The average molecular weight is 455 g/mol. The first-order chi connectivity index (χ1) is 16.0. The van der Waals surface area contributed by atoms with Gasteiger partial charge in [0, 0.05) is 13.7 Å². The molecular weight excluding hydrogens is 430 g/mol. The van der Waals surface area contributed by atoms with Gasteiger partial charge in [-0.2, -0.15) is 0 Å². The van der Waals surface area contributed by atoms with Gasteiger partial charge in [0.25, 0.3) is 11.7 Å². The number of fused-ring (bicyclic) bond motifs is 1. The number of ketones is 1. The lowest BCUT2D eigenvalue weighted by molar-refractivity contribution is -0.140. The molecule has 0 aromatic heterocycles. The number of aliphatic hydroxyl groups excluding tert-OH is 1. The van der Waals surface area contributed by atoms with Crippen molar-refractivity contribution in [3.63, 3.8) is 0 Å². The van der Waals surface area contributed by atoms with Gasteiger partial charge in [-0.05, 0) is 35.9 Å². The number of aliphatic hydroxyl groups is 1. The number of carbonyl (C=O) groups is 2. The van der Waals surface area contributed by atoms with Crippen LogP contribution in [0.1, 0.15) is 17.2 Å². The molecule has 2 aromatic carbocycles. The van der Waals surface area contributed by atoms with Gasteiger partial charge in [-0.25, -0.2) is 0 Å². The molecule has 2 aliphatic heterocycles. The van der Waals surface area contributed by atoms with E-state index in [-0.39, 0.29) is 30.0 Å². The van der Waals surface area contributed by atoms with Crippen molar-refractivity contribution in [2.75, 3.05) is 47.7 Å². The lowest BCUT2D eigenvalue weighted by Crippen LogP contribution is -2.32. The maximum atomic E-state index is 13.1. The van der Waals surface area contributed by atoms with Crippen LogP contribution < -0.4 is 18.9 Å². The summed E-state index contributed by atoms with van der Waals surface area (Å²) in [4.78, 5) is 27.5. The number of nitrogens with zero attached hydrogens (tertiary/aromatic N) is 1. The first kappa shape index (κ1) is 22.5. The third kappa shape index (κ3) is 4.07. The predicted octanol–water partition coefficient (Wildman–Crippen LogP) is 2.54. The van der Waals surface area contributed by atoms with Crippen LogP contribution in [0.4, 0.5) is 0 Å². The highest BCUT2D eigenvalue weighted by Crippen LogP contribution is 2.43. The fraction of sp³-hybridized carbons (Fsp3) is 0.333. The summed E-state index contributed by atoms with van der Waals surface area (Å²) in [5.74, 6) is -0.00451. The zero-order chi connectivity index (χ0) is 23.5. The van der Waals surface area contributed by atoms with Gasteiger partial charge in [-0.15, -0.1) is 0 Å². The van der Waals surface area contributed by atoms with Gasteiger partial charge in [0.05, 0.1) is 38.0 Å². The van der Waals surface area contributed by atoms with E-state index in [4.69, 9.17) is 23.7 Å². The summed E-state index contributed by atoms with van der Waals surface area (Å²) in [6.07, 6.45) is 0. The molecule has 0 saturated carbocycles. The summed E-state index contributed by atoms with van der Waals surface area (Å²) in [6, 6.07) is 9.19. The Labute approximate surface area is 191 Å².